The number of aromatic nitrogens is 2. The molecule has 3 heterocycles. The van der Waals surface area contributed by atoms with Gasteiger partial charge in [-0.25, -0.2) is 4.98 Å². The van der Waals surface area contributed by atoms with Gasteiger partial charge in [-0.1, -0.05) is 12.1 Å². The summed E-state index contributed by atoms with van der Waals surface area (Å²) in [4.78, 5) is 17.8. The molecule has 0 aliphatic carbocycles. The van der Waals surface area contributed by atoms with E-state index in [1.54, 1.807) is 21.0 Å². The normalized spacial score (nSPS) is 15.0. The molecule has 0 fully saturated rings. The third kappa shape index (κ3) is 4.03. The largest absolute Gasteiger partial charge is 0.497 e. The Morgan fingerprint density at radius 3 is 2.35 bits per heavy atom. The quantitative estimate of drug-likeness (QED) is 0.386. The van der Waals surface area contributed by atoms with E-state index in [9.17, 15) is 4.79 Å². The fraction of sp³-hybridized carbons (Fsp3) is 0.214. The Hall–Kier alpha value is -4.06. The lowest BCUT2D eigenvalue weighted by Crippen LogP contribution is -2.29. The molecule has 0 saturated heterocycles. The molecule has 0 amide bonds. The summed E-state index contributed by atoms with van der Waals surface area (Å²) in [6.45, 7) is 5.98. The maximum Gasteiger partial charge on any atom is 0.210 e. The number of carbonyl (C=O) groups is 1. The lowest BCUT2D eigenvalue weighted by Gasteiger charge is -2.17. The summed E-state index contributed by atoms with van der Waals surface area (Å²) >= 11 is 0. The second kappa shape index (κ2) is 8.37. The molecule has 1 aliphatic rings. The number of benzene rings is 2. The van der Waals surface area contributed by atoms with E-state index in [1.165, 1.54) is 0 Å². The number of methoxy groups -OCH3 is 1. The van der Waals surface area contributed by atoms with Crippen molar-refractivity contribution in [1.82, 2.24) is 9.38 Å². The third-order valence-corrected chi connectivity index (χ3v) is 5.91. The predicted octanol–water partition coefficient (Wildman–Crippen LogP) is 5.48. The van der Waals surface area contributed by atoms with Crippen LogP contribution in [-0.4, -0.2) is 27.9 Å². The van der Waals surface area contributed by atoms with Gasteiger partial charge in [0.1, 0.15) is 29.5 Å². The van der Waals surface area contributed by atoms with E-state index < -0.39 is 5.60 Å². The SMILES string of the molecule is COc1ccc(C2=C(c3ccc(OCc4cn5ccc(C)cc5n4)cc3)C(=O)C(C)(C)O2)cc1. The van der Waals surface area contributed by atoms with Gasteiger partial charge in [0, 0.05) is 18.0 Å². The average Bonchev–Trinajstić information content (AvgIpc) is 3.35. The Morgan fingerprint density at radius 1 is 0.971 bits per heavy atom. The zero-order valence-electron chi connectivity index (χ0n) is 19.7. The zero-order valence-corrected chi connectivity index (χ0v) is 19.7. The van der Waals surface area contributed by atoms with Gasteiger partial charge in [0.25, 0.3) is 0 Å². The van der Waals surface area contributed by atoms with Crippen LogP contribution in [0.25, 0.3) is 17.0 Å². The fourth-order valence-corrected chi connectivity index (χ4v) is 4.05. The Balaban J connectivity index is 1.39. The van der Waals surface area contributed by atoms with Crippen molar-refractivity contribution in [3.05, 3.63) is 95.4 Å². The van der Waals surface area contributed by atoms with Gasteiger partial charge in [0.2, 0.25) is 5.78 Å². The highest BCUT2D eigenvalue weighted by Crippen LogP contribution is 2.41. The highest BCUT2D eigenvalue weighted by molar-refractivity contribution is 6.32. The average molecular weight is 455 g/mol. The van der Waals surface area contributed by atoms with Crippen molar-refractivity contribution < 1.29 is 19.0 Å². The second-order valence-corrected chi connectivity index (χ2v) is 8.89. The molecule has 0 spiro atoms. The number of pyridine rings is 1. The summed E-state index contributed by atoms with van der Waals surface area (Å²) < 4.78 is 19.3. The number of hydrogen-bond acceptors (Lipinski definition) is 5. The molecule has 0 radical (unpaired) electrons. The van der Waals surface area contributed by atoms with Crippen molar-refractivity contribution in [2.24, 2.45) is 0 Å². The number of rotatable bonds is 6. The molecule has 5 rings (SSSR count). The molecular weight excluding hydrogens is 428 g/mol. The summed E-state index contributed by atoms with van der Waals surface area (Å²) in [5, 5.41) is 0. The Kier molecular flexibility index (Phi) is 5.36. The minimum absolute atomic E-state index is 0.0491. The number of aryl methyl sites for hydroxylation is 1. The van der Waals surface area contributed by atoms with E-state index >= 15 is 0 Å². The van der Waals surface area contributed by atoms with Crippen LogP contribution in [0.1, 0.15) is 36.2 Å². The first-order valence-corrected chi connectivity index (χ1v) is 11.1. The van der Waals surface area contributed by atoms with Crippen molar-refractivity contribution >= 4 is 22.8 Å². The van der Waals surface area contributed by atoms with Crippen molar-refractivity contribution in [2.45, 2.75) is 33.0 Å². The Morgan fingerprint density at radius 2 is 1.65 bits per heavy atom. The number of carbonyl (C=O) groups excluding carboxylic acids is 1. The summed E-state index contributed by atoms with van der Waals surface area (Å²) in [6.07, 6.45) is 3.96. The number of imidazole rings is 1. The van der Waals surface area contributed by atoms with Crippen LogP contribution in [0.4, 0.5) is 0 Å². The lowest BCUT2D eigenvalue weighted by atomic mass is 9.92. The van der Waals surface area contributed by atoms with E-state index in [1.807, 2.05) is 84.4 Å². The van der Waals surface area contributed by atoms with Crippen LogP contribution in [0.3, 0.4) is 0 Å². The molecule has 34 heavy (non-hydrogen) atoms. The first-order valence-electron chi connectivity index (χ1n) is 11.1. The number of ether oxygens (including phenoxy) is 3. The van der Waals surface area contributed by atoms with Crippen LogP contribution in [0.5, 0.6) is 11.5 Å². The molecular formula is C28H26N2O4. The highest BCUT2D eigenvalue weighted by atomic mass is 16.5. The summed E-state index contributed by atoms with van der Waals surface area (Å²) in [5.74, 6) is 1.98. The van der Waals surface area contributed by atoms with Gasteiger partial charge in [0.15, 0.2) is 5.60 Å². The number of ketones is 1. The van der Waals surface area contributed by atoms with Gasteiger partial charge < -0.3 is 18.6 Å². The van der Waals surface area contributed by atoms with E-state index in [-0.39, 0.29) is 5.78 Å². The van der Waals surface area contributed by atoms with Crippen molar-refractivity contribution in [1.29, 1.82) is 0 Å². The summed E-state index contributed by atoms with van der Waals surface area (Å²) in [7, 11) is 1.62. The molecule has 0 N–H and O–H groups in total. The maximum absolute atomic E-state index is 13.2. The molecule has 0 atom stereocenters. The molecule has 172 valence electrons. The van der Waals surface area contributed by atoms with Crippen LogP contribution >= 0.6 is 0 Å². The van der Waals surface area contributed by atoms with Crippen LogP contribution in [0, 0.1) is 6.92 Å². The van der Waals surface area contributed by atoms with Crippen LogP contribution in [0.2, 0.25) is 0 Å². The molecule has 0 unspecified atom stereocenters. The summed E-state index contributed by atoms with van der Waals surface area (Å²) in [6, 6.07) is 19.1. The third-order valence-electron chi connectivity index (χ3n) is 5.91. The maximum atomic E-state index is 13.2. The molecule has 0 saturated carbocycles. The zero-order chi connectivity index (χ0) is 23.9. The van der Waals surface area contributed by atoms with Gasteiger partial charge in [0.05, 0.1) is 18.4 Å². The Bertz CT molecular complexity index is 1400. The first kappa shape index (κ1) is 21.8. The van der Waals surface area contributed by atoms with Crippen molar-refractivity contribution in [2.75, 3.05) is 7.11 Å². The van der Waals surface area contributed by atoms with Crippen molar-refractivity contribution in [3.8, 4) is 11.5 Å². The topological polar surface area (TPSA) is 62.1 Å². The standard InChI is InChI=1S/C28H26N2O4/c1-18-13-14-30-16-21(29-24(30)15-18)17-33-23-11-5-19(6-12-23)25-26(34-28(2,3)27(25)31)20-7-9-22(32-4)10-8-20/h5-16H,17H2,1-4H3. The molecule has 2 aromatic carbocycles. The van der Waals surface area contributed by atoms with Gasteiger partial charge in [-0.05, 0) is 80.4 Å². The predicted molar refractivity (Wildman–Crippen MR) is 131 cm³/mol. The summed E-state index contributed by atoms with van der Waals surface area (Å²) in [5.41, 5.74) is 4.17. The molecule has 4 aromatic rings. The van der Waals surface area contributed by atoms with Crippen molar-refractivity contribution in [3.63, 3.8) is 0 Å². The van der Waals surface area contributed by atoms with Crippen LogP contribution < -0.4 is 9.47 Å². The molecule has 1 aliphatic heterocycles. The molecule has 6 heteroatoms. The number of nitrogens with zero attached hydrogens (tertiary/aromatic N) is 2. The monoisotopic (exact) mass is 454 g/mol. The van der Waals surface area contributed by atoms with Gasteiger partial charge in [-0.2, -0.15) is 0 Å². The van der Waals surface area contributed by atoms with Gasteiger partial charge in [-0.15, -0.1) is 0 Å². The van der Waals surface area contributed by atoms with E-state index in [4.69, 9.17) is 14.2 Å². The van der Waals surface area contributed by atoms with Crippen LogP contribution in [0.15, 0.2) is 73.1 Å². The highest BCUT2D eigenvalue weighted by Gasteiger charge is 2.42. The lowest BCUT2D eigenvalue weighted by molar-refractivity contribution is -0.125. The molecule has 0 bridgehead atoms. The molecule has 2 aromatic heterocycles. The van der Waals surface area contributed by atoms with E-state index in [0.717, 1.165) is 33.8 Å². The number of fused-ring (bicyclic) bond motifs is 1. The molecule has 6 nitrogen and oxygen atoms in total. The second-order valence-electron chi connectivity index (χ2n) is 8.89. The smallest absolute Gasteiger partial charge is 0.210 e. The number of Topliss-reactive ketones (excluding diaryl/α,β-unsaturated/α-hetero) is 1. The van der Waals surface area contributed by atoms with E-state index in [2.05, 4.69) is 4.98 Å². The fourth-order valence-electron chi connectivity index (χ4n) is 4.05. The van der Waals surface area contributed by atoms with E-state index in [0.29, 0.717) is 23.7 Å². The van der Waals surface area contributed by atoms with Gasteiger partial charge in [-0.3, -0.25) is 4.79 Å². The Labute approximate surface area is 198 Å². The van der Waals surface area contributed by atoms with Crippen LogP contribution in [-0.2, 0) is 16.1 Å². The minimum atomic E-state index is -0.929. The van der Waals surface area contributed by atoms with Gasteiger partial charge >= 0.3 is 0 Å². The minimum Gasteiger partial charge on any atom is -0.497 e. The first-order chi connectivity index (χ1) is 16.3. The number of hydrogen-bond donors (Lipinski definition) is 0.